The molecule has 0 amide bonds. The quantitative estimate of drug-likeness (QED) is 0.489. The average Bonchev–Trinajstić information content (AvgIpc) is 2.30. The van der Waals surface area contributed by atoms with Crippen molar-refractivity contribution in [2.75, 3.05) is 7.11 Å². The number of alkyl halides is 3. The van der Waals surface area contributed by atoms with E-state index in [1.807, 2.05) is 0 Å². The molecule has 0 aliphatic heterocycles. The van der Waals surface area contributed by atoms with E-state index in [4.69, 9.17) is 10.6 Å². The molecule has 1 atom stereocenters. The molecule has 0 heterocycles. The zero-order valence-electron chi connectivity index (χ0n) is 9.72. The highest BCUT2D eigenvalue weighted by Crippen LogP contribution is 2.29. The number of methoxy groups -OCH3 is 1. The number of hydrazine groups is 1. The molecule has 0 aliphatic carbocycles. The number of nitrogens with two attached hydrogens (primary N) is 1. The summed E-state index contributed by atoms with van der Waals surface area (Å²) in [5, 5.41) is 0. The molecule has 0 saturated heterocycles. The Morgan fingerprint density at radius 2 is 2.06 bits per heavy atom. The molecule has 7 heteroatoms. The molecule has 1 aromatic carbocycles. The van der Waals surface area contributed by atoms with Crippen LogP contribution < -0.4 is 16.0 Å². The summed E-state index contributed by atoms with van der Waals surface area (Å²) in [6.07, 6.45) is -5.45. The van der Waals surface area contributed by atoms with Crippen LogP contribution in [0.15, 0.2) is 18.2 Å². The van der Waals surface area contributed by atoms with Crippen molar-refractivity contribution < 1.29 is 22.3 Å². The summed E-state index contributed by atoms with van der Waals surface area (Å²) < 4.78 is 54.3. The van der Waals surface area contributed by atoms with E-state index in [2.05, 4.69) is 5.43 Å². The van der Waals surface area contributed by atoms with Gasteiger partial charge in [0.25, 0.3) is 0 Å². The Kier molecular flexibility index (Phi) is 4.92. The molecule has 0 radical (unpaired) electrons. The largest absolute Gasteiger partial charge is 0.494 e. The van der Waals surface area contributed by atoms with Gasteiger partial charge in [0.15, 0.2) is 11.6 Å². The number of hydrogen-bond donors (Lipinski definition) is 2. The Morgan fingerprint density at radius 3 is 2.56 bits per heavy atom. The third-order valence-electron chi connectivity index (χ3n) is 2.50. The number of rotatable bonds is 5. The van der Waals surface area contributed by atoms with Crippen molar-refractivity contribution >= 4 is 0 Å². The highest BCUT2D eigenvalue weighted by molar-refractivity contribution is 5.32. The summed E-state index contributed by atoms with van der Waals surface area (Å²) in [5.74, 6) is 4.61. The van der Waals surface area contributed by atoms with Crippen LogP contribution in [-0.2, 0) is 0 Å². The molecule has 0 saturated carbocycles. The van der Waals surface area contributed by atoms with Crippen molar-refractivity contribution in [2.24, 2.45) is 5.84 Å². The van der Waals surface area contributed by atoms with Gasteiger partial charge in [-0.05, 0) is 24.1 Å². The summed E-state index contributed by atoms with van der Waals surface area (Å²) in [7, 11) is 1.28. The van der Waals surface area contributed by atoms with E-state index in [1.165, 1.54) is 19.2 Å². The average molecular weight is 266 g/mol. The van der Waals surface area contributed by atoms with Crippen molar-refractivity contribution in [3.63, 3.8) is 0 Å². The van der Waals surface area contributed by atoms with Crippen LogP contribution >= 0.6 is 0 Å². The fourth-order valence-corrected chi connectivity index (χ4v) is 1.55. The summed E-state index contributed by atoms with van der Waals surface area (Å²) in [6, 6.07) is 3.13. The number of hydrogen-bond acceptors (Lipinski definition) is 3. The molecular weight excluding hydrogens is 252 g/mol. The van der Waals surface area contributed by atoms with E-state index >= 15 is 0 Å². The molecule has 0 fully saturated rings. The van der Waals surface area contributed by atoms with E-state index in [0.717, 1.165) is 6.07 Å². The molecule has 0 spiro atoms. The SMILES string of the molecule is COc1cc(C(CCC(F)(F)F)NN)ccc1F. The molecule has 3 nitrogen and oxygen atoms in total. The van der Waals surface area contributed by atoms with Crippen LogP contribution in [0.2, 0.25) is 0 Å². The van der Waals surface area contributed by atoms with Crippen LogP contribution in [0.4, 0.5) is 17.6 Å². The lowest BCUT2D eigenvalue weighted by Gasteiger charge is -2.18. The van der Waals surface area contributed by atoms with Crippen molar-refractivity contribution in [3.8, 4) is 5.75 Å². The molecule has 0 aliphatic rings. The van der Waals surface area contributed by atoms with Gasteiger partial charge in [-0.25, -0.2) is 4.39 Å². The van der Waals surface area contributed by atoms with Gasteiger partial charge in [0.2, 0.25) is 0 Å². The molecule has 0 bridgehead atoms. The summed E-state index contributed by atoms with van der Waals surface area (Å²) in [6.45, 7) is 0. The summed E-state index contributed by atoms with van der Waals surface area (Å²) in [4.78, 5) is 0. The fourth-order valence-electron chi connectivity index (χ4n) is 1.55. The number of halogens is 4. The minimum absolute atomic E-state index is 0.0280. The van der Waals surface area contributed by atoms with Gasteiger partial charge in [0.1, 0.15) is 0 Å². The van der Waals surface area contributed by atoms with E-state index in [9.17, 15) is 17.6 Å². The minimum Gasteiger partial charge on any atom is -0.494 e. The molecule has 102 valence electrons. The first-order chi connectivity index (χ1) is 8.37. The highest BCUT2D eigenvalue weighted by atomic mass is 19.4. The molecule has 1 unspecified atom stereocenters. The Hall–Kier alpha value is -1.34. The Balaban J connectivity index is 2.82. The van der Waals surface area contributed by atoms with Gasteiger partial charge in [-0.2, -0.15) is 13.2 Å². The Morgan fingerprint density at radius 1 is 1.39 bits per heavy atom. The second kappa shape index (κ2) is 6.01. The number of benzene rings is 1. The van der Waals surface area contributed by atoms with E-state index in [0.29, 0.717) is 5.56 Å². The predicted molar refractivity (Wildman–Crippen MR) is 58.3 cm³/mol. The van der Waals surface area contributed by atoms with Crippen LogP contribution in [-0.4, -0.2) is 13.3 Å². The zero-order chi connectivity index (χ0) is 13.8. The Labute approximate surface area is 102 Å². The second-order valence-corrected chi connectivity index (χ2v) is 3.77. The first kappa shape index (κ1) is 14.7. The lowest BCUT2D eigenvalue weighted by atomic mass is 10.0. The lowest BCUT2D eigenvalue weighted by molar-refractivity contribution is -0.136. The standard InChI is InChI=1S/C11H14F4N2O/c1-18-10-6-7(2-3-8(10)12)9(17-16)4-5-11(13,14)15/h2-3,6,9,17H,4-5,16H2,1H3. The van der Waals surface area contributed by atoms with Crippen molar-refractivity contribution in [1.29, 1.82) is 0 Å². The molecule has 0 aromatic heterocycles. The molecule has 3 N–H and O–H groups in total. The first-order valence-corrected chi connectivity index (χ1v) is 5.23. The molecule has 18 heavy (non-hydrogen) atoms. The summed E-state index contributed by atoms with van der Waals surface area (Å²) in [5.41, 5.74) is 2.73. The van der Waals surface area contributed by atoms with Gasteiger partial charge in [0, 0.05) is 12.5 Å². The van der Waals surface area contributed by atoms with Gasteiger partial charge < -0.3 is 4.74 Å². The lowest BCUT2D eigenvalue weighted by Crippen LogP contribution is -2.29. The van der Waals surface area contributed by atoms with Gasteiger partial charge >= 0.3 is 6.18 Å². The molecule has 1 aromatic rings. The topological polar surface area (TPSA) is 47.3 Å². The van der Waals surface area contributed by atoms with Crippen LogP contribution in [0.1, 0.15) is 24.4 Å². The van der Waals surface area contributed by atoms with Crippen LogP contribution in [0.5, 0.6) is 5.75 Å². The number of nitrogens with one attached hydrogen (secondary N) is 1. The minimum atomic E-state index is -4.25. The van der Waals surface area contributed by atoms with Crippen LogP contribution in [0.25, 0.3) is 0 Å². The van der Waals surface area contributed by atoms with Crippen molar-refractivity contribution in [3.05, 3.63) is 29.6 Å². The zero-order valence-corrected chi connectivity index (χ0v) is 9.72. The Bertz CT molecular complexity index is 395. The maximum Gasteiger partial charge on any atom is 0.389 e. The fraction of sp³-hybridized carbons (Fsp3) is 0.455. The first-order valence-electron chi connectivity index (χ1n) is 5.23. The predicted octanol–water partition coefficient (Wildman–Crippen LogP) is 2.68. The van der Waals surface area contributed by atoms with Gasteiger partial charge in [0.05, 0.1) is 7.11 Å². The van der Waals surface area contributed by atoms with Crippen LogP contribution in [0.3, 0.4) is 0 Å². The van der Waals surface area contributed by atoms with Crippen molar-refractivity contribution in [2.45, 2.75) is 25.1 Å². The second-order valence-electron chi connectivity index (χ2n) is 3.77. The maximum atomic E-state index is 13.2. The van der Waals surface area contributed by atoms with E-state index < -0.39 is 24.5 Å². The number of ether oxygens (including phenoxy) is 1. The monoisotopic (exact) mass is 266 g/mol. The third kappa shape index (κ3) is 4.15. The van der Waals surface area contributed by atoms with E-state index in [-0.39, 0.29) is 12.2 Å². The van der Waals surface area contributed by atoms with Crippen LogP contribution in [0, 0.1) is 5.82 Å². The molecule has 1 rings (SSSR count). The molecular formula is C11H14F4N2O. The smallest absolute Gasteiger partial charge is 0.389 e. The van der Waals surface area contributed by atoms with Gasteiger partial charge in [-0.3, -0.25) is 11.3 Å². The van der Waals surface area contributed by atoms with E-state index in [1.54, 1.807) is 0 Å². The van der Waals surface area contributed by atoms with Gasteiger partial charge in [-0.15, -0.1) is 0 Å². The highest BCUT2D eigenvalue weighted by Gasteiger charge is 2.28. The van der Waals surface area contributed by atoms with Crippen molar-refractivity contribution in [1.82, 2.24) is 5.43 Å². The normalized spacial score (nSPS) is 13.4. The third-order valence-corrected chi connectivity index (χ3v) is 2.50. The van der Waals surface area contributed by atoms with Gasteiger partial charge in [-0.1, -0.05) is 6.07 Å². The summed E-state index contributed by atoms with van der Waals surface area (Å²) >= 11 is 0. The maximum absolute atomic E-state index is 13.2.